The van der Waals surface area contributed by atoms with Gasteiger partial charge in [0.2, 0.25) is 0 Å². The van der Waals surface area contributed by atoms with Gasteiger partial charge in [0.15, 0.2) is 5.82 Å². The van der Waals surface area contributed by atoms with Crippen molar-refractivity contribution in [2.24, 2.45) is 0 Å². The molecule has 1 aromatic rings. The van der Waals surface area contributed by atoms with Crippen LogP contribution in [0.1, 0.15) is 55.7 Å². The quantitative estimate of drug-likeness (QED) is 0.856. The molecule has 0 fully saturated rings. The highest BCUT2D eigenvalue weighted by Crippen LogP contribution is 2.25. The van der Waals surface area contributed by atoms with Crippen molar-refractivity contribution in [2.45, 2.75) is 53.0 Å². The monoisotopic (exact) mass is 265 g/mol. The Bertz CT molecular complexity index is 460. The van der Waals surface area contributed by atoms with Gasteiger partial charge in [0.25, 0.3) is 0 Å². The van der Waals surface area contributed by atoms with Crippen molar-refractivity contribution in [3.63, 3.8) is 0 Å². The molecule has 1 aromatic heterocycles. The molecule has 0 saturated heterocycles. The number of rotatable bonds is 6. The molecule has 0 aliphatic rings. The summed E-state index contributed by atoms with van der Waals surface area (Å²) in [5.41, 5.74) is 1.88. The van der Waals surface area contributed by atoms with E-state index in [0.717, 1.165) is 17.7 Å². The van der Waals surface area contributed by atoms with E-state index in [2.05, 4.69) is 17.1 Å². The van der Waals surface area contributed by atoms with E-state index in [1.54, 1.807) is 0 Å². The maximum atomic E-state index is 11.6. The second kappa shape index (κ2) is 6.50. The Hall–Kier alpha value is -1.65. The number of anilines is 1. The minimum atomic E-state index is -0.924. The van der Waals surface area contributed by atoms with Gasteiger partial charge < -0.3 is 10.0 Å². The molecule has 1 heterocycles. The van der Waals surface area contributed by atoms with Crippen LogP contribution in [0.15, 0.2) is 0 Å². The van der Waals surface area contributed by atoms with Crippen LogP contribution in [0.5, 0.6) is 0 Å². The number of nitrogens with zero attached hydrogens (tertiary/aromatic N) is 3. The Morgan fingerprint density at radius 3 is 2.32 bits per heavy atom. The Morgan fingerprint density at radius 1 is 1.26 bits per heavy atom. The summed E-state index contributed by atoms with van der Waals surface area (Å²) >= 11 is 0. The maximum absolute atomic E-state index is 11.6. The first-order valence-corrected chi connectivity index (χ1v) is 6.82. The molecular formula is C14H23N3O2. The minimum Gasteiger partial charge on any atom is -0.478 e. The van der Waals surface area contributed by atoms with E-state index in [-0.39, 0.29) is 6.04 Å². The second-order valence-corrected chi connectivity index (χ2v) is 4.70. The number of aromatic carboxylic acids is 1. The molecule has 19 heavy (non-hydrogen) atoms. The van der Waals surface area contributed by atoms with Crippen LogP contribution in [-0.4, -0.2) is 34.4 Å². The fourth-order valence-corrected chi connectivity index (χ4v) is 2.12. The topological polar surface area (TPSA) is 66.3 Å². The molecule has 1 N–H and O–H groups in total. The number of carbonyl (C=O) groups is 1. The minimum absolute atomic E-state index is 0.226. The van der Waals surface area contributed by atoms with Gasteiger partial charge in [0.05, 0.1) is 5.69 Å². The molecule has 1 rings (SSSR count). The summed E-state index contributed by atoms with van der Waals surface area (Å²) in [5, 5.41) is 17.8. The van der Waals surface area contributed by atoms with Crippen LogP contribution in [0.2, 0.25) is 0 Å². The zero-order chi connectivity index (χ0) is 14.6. The molecule has 5 heteroatoms. The Morgan fingerprint density at radius 2 is 1.89 bits per heavy atom. The van der Waals surface area contributed by atoms with E-state index < -0.39 is 5.97 Å². The fourth-order valence-electron chi connectivity index (χ4n) is 2.12. The van der Waals surface area contributed by atoms with Gasteiger partial charge in [-0.05, 0) is 31.7 Å². The molecule has 0 spiro atoms. The lowest BCUT2D eigenvalue weighted by atomic mass is 10.0. The van der Waals surface area contributed by atoms with Gasteiger partial charge in [-0.15, -0.1) is 5.10 Å². The van der Waals surface area contributed by atoms with Crippen LogP contribution in [0.25, 0.3) is 0 Å². The Labute approximate surface area is 114 Å². The molecular weight excluding hydrogens is 242 g/mol. The standard InChI is InChI=1S/C14H23N3O2/c1-6-9(4)17(5)13-12(14(18)19)10(7-2)11(8-3)15-16-13/h9H,6-8H2,1-5H3,(H,18,19). The first kappa shape index (κ1) is 15.4. The summed E-state index contributed by atoms with van der Waals surface area (Å²) < 4.78 is 0. The first-order chi connectivity index (χ1) is 8.97. The number of aryl methyl sites for hydroxylation is 1. The zero-order valence-corrected chi connectivity index (χ0v) is 12.4. The number of carboxylic acid groups (broad SMARTS) is 1. The Balaban J connectivity index is 3.44. The van der Waals surface area contributed by atoms with Gasteiger partial charge in [-0.25, -0.2) is 4.79 Å². The van der Waals surface area contributed by atoms with Gasteiger partial charge in [0.1, 0.15) is 5.56 Å². The van der Waals surface area contributed by atoms with E-state index in [9.17, 15) is 9.90 Å². The van der Waals surface area contributed by atoms with Crippen molar-refractivity contribution in [1.29, 1.82) is 0 Å². The van der Waals surface area contributed by atoms with Gasteiger partial charge in [-0.1, -0.05) is 20.8 Å². The molecule has 106 valence electrons. The number of aromatic nitrogens is 2. The summed E-state index contributed by atoms with van der Waals surface area (Å²) in [7, 11) is 1.87. The van der Waals surface area contributed by atoms with E-state index in [0.29, 0.717) is 24.2 Å². The normalized spacial score (nSPS) is 12.3. The van der Waals surface area contributed by atoms with Crippen molar-refractivity contribution >= 4 is 11.8 Å². The molecule has 1 unspecified atom stereocenters. The molecule has 0 aliphatic carbocycles. The molecule has 0 aliphatic heterocycles. The lowest BCUT2D eigenvalue weighted by molar-refractivity contribution is 0.0695. The fraction of sp³-hybridized carbons (Fsp3) is 0.643. The summed E-state index contributed by atoms with van der Waals surface area (Å²) in [6.45, 7) is 8.03. The highest BCUT2D eigenvalue weighted by molar-refractivity contribution is 5.95. The predicted molar refractivity (Wildman–Crippen MR) is 75.9 cm³/mol. The number of carboxylic acids is 1. The predicted octanol–water partition coefficient (Wildman–Crippen LogP) is 2.53. The number of hydrogen-bond acceptors (Lipinski definition) is 4. The second-order valence-electron chi connectivity index (χ2n) is 4.70. The third-order valence-electron chi connectivity index (χ3n) is 3.63. The average Bonchev–Trinajstić information content (AvgIpc) is 2.43. The van der Waals surface area contributed by atoms with Crippen molar-refractivity contribution in [3.8, 4) is 0 Å². The highest BCUT2D eigenvalue weighted by Gasteiger charge is 2.24. The molecule has 0 amide bonds. The van der Waals surface area contributed by atoms with Crippen LogP contribution in [0.3, 0.4) is 0 Å². The van der Waals surface area contributed by atoms with Gasteiger partial charge in [-0.2, -0.15) is 5.10 Å². The van der Waals surface area contributed by atoms with Crippen molar-refractivity contribution in [1.82, 2.24) is 10.2 Å². The van der Waals surface area contributed by atoms with Crippen LogP contribution in [0, 0.1) is 0 Å². The van der Waals surface area contributed by atoms with Crippen molar-refractivity contribution < 1.29 is 9.90 Å². The van der Waals surface area contributed by atoms with E-state index >= 15 is 0 Å². The average molecular weight is 265 g/mol. The van der Waals surface area contributed by atoms with Gasteiger partial charge in [-0.3, -0.25) is 0 Å². The molecule has 0 bridgehead atoms. The molecule has 0 saturated carbocycles. The highest BCUT2D eigenvalue weighted by atomic mass is 16.4. The summed E-state index contributed by atoms with van der Waals surface area (Å²) in [6, 6.07) is 0.226. The third kappa shape index (κ3) is 3.03. The molecule has 1 atom stereocenters. The largest absolute Gasteiger partial charge is 0.478 e. The molecule has 0 radical (unpaired) electrons. The molecule has 5 nitrogen and oxygen atoms in total. The van der Waals surface area contributed by atoms with E-state index in [4.69, 9.17) is 0 Å². The van der Waals surface area contributed by atoms with Crippen LogP contribution < -0.4 is 4.90 Å². The summed E-state index contributed by atoms with van der Waals surface area (Å²) in [6.07, 6.45) is 2.28. The Kier molecular flexibility index (Phi) is 5.27. The van der Waals surface area contributed by atoms with Crippen LogP contribution >= 0.6 is 0 Å². The first-order valence-electron chi connectivity index (χ1n) is 6.82. The van der Waals surface area contributed by atoms with E-state index in [1.165, 1.54) is 0 Å². The van der Waals surface area contributed by atoms with Crippen molar-refractivity contribution in [2.75, 3.05) is 11.9 Å². The maximum Gasteiger partial charge on any atom is 0.339 e. The lowest BCUT2D eigenvalue weighted by Crippen LogP contribution is -2.31. The third-order valence-corrected chi connectivity index (χ3v) is 3.63. The van der Waals surface area contributed by atoms with Gasteiger partial charge in [0, 0.05) is 13.1 Å². The number of hydrogen-bond donors (Lipinski definition) is 1. The SMILES string of the molecule is CCc1nnc(N(C)C(C)CC)c(C(=O)O)c1CC. The van der Waals surface area contributed by atoms with Gasteiger partial charge >= 0.3 is 5.97 Å². The van der Waals surface area contributed by atoms with E-state index in [1.807, 2.05) is 32.7 Å². The zero-order valence-electron chi connectivity index (χ0n) is 12.4. The smallest absolute Gasteiger partial charge is 0.339 e. The molecule has 0 aromatic carbocycles. The van der Waals surface area contributed by atoms with Crippen molar-refractivity contribution in [3.05, 3.63) is 16.8 Å². The van der Waals surface area contributed by atoms with Crippen LogP contribution in [-0.2, 0) is 12.8 Å². The van der Waals surface area contributed by atoms with Crippen LogP contribution in [0.4, 0.5) is 5.82 Å². The summed E-state index contributed by atoms with van der Waals surface area (Å²) in [5.74, 6) is -0.456. The lowest BCUT2D eigenvalue weighted by Gasteiger charge is -2.26. The summed E-state index contributed by atoms with van der Waals surface area (Å²) in [4.78, 5) is 13.5.